The Hall–Kier alpha value is -1.80. The SMILES string of the molecule is FC(F)c1nnc2ccc(NCCc3cc(Cl)ccc3Br)nn12. The van der Waals surface area contributed by atoms with Gasteiger partial charge < -0.3 is 5.32 Å². The topological polar surface area (TPSA) is 55.1 Å². The maximum absolute atomic E-state index is 12.8. The van der Waals surface area contributed by atoms with Crippen molar-refractivity contribution in [3.05, 3.63) is 51.2 Å². The maximum atomic E-state index is 12.8. The van der Waals surface area contributed by atoms with Gasteiger partial charge in [-0.25, -0.2) is 8.78 Å². The van der Waals surface area contributed by atoms with E-state index in [2.05, 4.69) is 36.5 Å². The number of anilines is 1. The lowest BCUT2D eigenvalue weighted by atomic mass is 10.1. The summed E-state index contributed by atoms with van der Waals surface area (Å²) >= 11 is 9.43. The molecule has 5 nitrogen and oxygen atoms in total. The Morgan fingerprint density at radius 3 is 2.83 bits per heavy atom. The number of nitrogens with zero attached hydrogens (tertiary/aromatic N) is 4. The molecule has 0 spiro atoms. The maximum Gasteiger partial charge on any atom is 0.299 e. The Kier molecular flexibility index (Phi) is 4.72. The second-order valence-corrected chi connectivity index (χ2v) is 6.05. The first-order chi connectivity index (χ1) is 11.0. The van der Waals surface area contributed by atoms with E-state index >= 15 is 0 Å². The molecule has 0 aliphatic carbocycles. The smallest absolute Gasteiger partial charge is 0.299 e. The van der Waals surface area contributed by atoms with Gasteiger partial charge in [-0.2, -0.15) is 4.52 Å². The van der Waals surface area contributed by atoms with Crippen LogP contribution in [0.4, 0.5) is 14.6 Å². The minimum atomic E-state index is -2.73. The van der Waals surface area contributed by atoms with Gasteiger partial charge in [-0.15, -0.1) is 15.3 Å². The lowest BCUT2D eigenvalue weighted by Gasteiger charge is -2.08. The molecule has 2 aromatic heterocycles. The normalized spacial score (nSPS) is 11.3. The van der Waals surface area contributed by atoms with Crippen molar-refractivity contribution in [3.63, 3.8) is 0 Å². The van der Waals surface area contributed by atoms with Crippen LogP contribution >= 0.6 is 27.5 Å². The Morgan fingerprint density at radius 1 is 1.22 bits per heavy atom. The number of aromatic nitrogens is 4. The van der Waals surface area contributed by atoms with Crippen molar-refractivity contribution in [1.82, 2.24) is 19.8 Å². The molecular weight excluding hydrogens is 392 g/mol. The van der Waals surface area contributed by atoms with Gasteiger partial charge in [0, 0.05) is 16.0 Å². The number of halogens is 4. The predicted molar refractivity (Wildman–Crippen MR) is 87.1 cm³/mol. The van der Waals surface area contributed by atoms with Crippen LogP contribution in [-0.2, 0) is 6.42 Å². The Balaban J connectivity index is 1.72. The number of rotatable bonds is 5. The van der Waals surface area contributed by atoms with E-state index in [1.807, 2.05) is 12.1 Å². The van der Waals surface area contributed by atoms with Gasteiger partial charge in [0.25, 0.3) is 6.43 Å². The molecule has 23 heavy (non-hydrogen) atoms. The molecule has 0 saturated heterocycles. The minimum Gasteiger partial charge on any atom is -0.368 e. The largest absolute Gasteiger partial charge is 0.368 e. The lowest BCUT2D eigenvalue weighted by molar-refractivity contribution is 0.137. The summed E-state index contributed by atoms with van der Waals surface area (Å²) < 4.78 is 27.6. The van der Waals surface area contributed by atoms with Crippen LogP contribution < -0.4 is 5.32 Å². The summed E-state index contributed by atoms with van der Waals surface area (Å²) in [5.74, 6) is -0.00131. The number of hydrogen-bond acceptors (Lipinski definition) is 4. The predicted octanol–water partition coefficient (Wildman–Crippen LogP) is 4.13. The molecular formula is C14H11BrClF2N5. The van der Waals surface area contributed by atoms with E-state index in [9.17, 15) is 8.78 Å². The Labute approximate surface area is 143 Å². The summed E-state index contributed by atoms with van der Waals surface area (Å²) in [6.45, 7) is 0.573. The summed E-state index contributed by atoms with van der Waals surface area (Å²) in [4.78, 5) is 0. The van der Waals surface area contributed by atoms with E-state index < -0.39 is 12.2 Å². The monoisotopic (exact) mass is 401 g/mol. The summed E-state index contributed by atoms with van der Waals surface area (Å²) in [5.41, 5.74) is 1.33. The average molecular weight is 403 g/mol. The number of nitrogens with one attached hydrogen (secondary N) is 1. The molecule has 120 valence electrons. The van der Waals surface area contributed by atoms with Crippen LogP contribution in [0, 0.1) is 0 Å². The number of fused-ring (bicyclic) bond motifs is 1. The molecule has 0 atom stereocenters. The van der Waals surface area contributed by atoms with E-state index in [0.717, 1.165) is 14.6 Å². The molecule has 0 aliphatic rings. The second-order valence-electron chi connectivity index (χ2n) is 4.76. The van der Waals surface area contributed by atoms with Crippen molar-refractivity contribution in [2.45, 2.75) is 12.8 Å². The lowest BCUT2D eigenvalue weighted by Crippen LogP contribution is -2.09. The number of benzene rings is 1. The summed E-state index contributed by atoms with van der Waals surface area (Å²) in [6, 6.07) is 8.82. The van der Waals surface area contributed by atoms with Gasteiger partial charge in [-0.1, -0.05) is 27.5 Å². The molecule has 2 heterocycles. The molecule has 3 rings (SSSR count). The fourth-order valence-corrected chi connectivity index (χ4v) is 2.74. The van der Waals surface area contributed by atoms with Crippen LogP contribution in [0.15, 0.2) is 34.8 Å². The van der Waals surface area contributed by atoms with Gasteiger partial charge in [0.15, 0.2) is 5.65 Å². The summed E-state index contributed by atoms with van der Waals surface area (Å²) in [6.07, 6.45) is -2.03. The van der Waals surface area contributed by atoms with Crippen LogP contribution in [0.2, 0.25) is 5.02 Å². The summed E-state index contributed by atoms with van der Waals surface area (Å²) in [5, 5.41) is 14.9. The molecule has 0 fully saturated rings. The van der Waals surface area contributed by atoms with Crippen molar-refractivity contribution >= 4 is 39.0 Å². The van der Waals surface area contributed by atoms with Crippen molar-refractivity contribution in [3.8, 4) is 0 Å². The fourth-order valence-electron chi connectivity index (χ4n) is 2.10. The van der Waals surface area contributed by atoms with E-state index in [1.54, 1.807) is 18.2 Å². The first-order valence-corrected chi connectivity index (χ1v) is 7.90. The zero-order valence-corrected chi connectivity index (χ0v) is 14.0. The van der Waals surface area contributed by atoms with Crippen molar-refractivity contribution in [1.29, 1.82) is 0 Å². The molecule has 3 aromatic rings. The van der Waals surface area contributed by atoms with Crippen LogP contribution in [0.25, 0.3) is 5.65 Å². The standard InChI is InChI=1S/C14H11BrClF2N5/c15-10-2-1-9(16)7-8(10)5-6-19-11-3-4-12-20-21-14(13(17)18)23(12)22-11/h1-4,7,13H,5-6H2,(H,19,22). The number of hydrogen-bond donors (Lipinski definition) is 1. The molecule has 0 saturated carbocycles. The molecule has 0 aliphatic heterocycles. The molecule has 0 amide bonds. The van der Waals surface area contributed by atoms with Gasteiger partial charge in [0.2, 0.25) is 5.82 Å². The molecule has 1 N–H and O–H groups in total. The van der Waals surface area contributed by atoms with Crippen LogP contribution in [-0.4, -0.2) is 26.4 Å². The van der Waals surface area contributed by atoms with Crippen LogP contribution in [0.5, 0.6) is 0 Å². The first kappa shape index (κ1) is 16.1. The Morgan fingerprint density at radius 2 is 2.04 bits per heavy atom. The van der Waals surface area contributed by atoms with E-state index in [0.29, 0.717) is 23.8 Å². The third-order valence-corrected chi connectivity index (χ3v) is 4.20. The third kappa shape index (κ3) is 3.59. The van der Waals surface area contributed by atoms with Gasteiger partial charge >= 0.3 is 0 Å². The quantitative estimate of drug-likeness (QED) is 0.697. The number of alkyl halides is 2. The highest BCUT2D eigenvalue weighted by Gasteiger charge is 2.16. The molecule has 0 bridgehead atoms. The highest BCUT2D eigenvalue weighted by molar-refractivity contribution is 9.10. The molecule has 0 unspecified atom stereocenters. The van der Waals surface area contributed by atoms with Gasteiger partial charge in [0.05, 0.1) is 0 Å². The van der Waals surface area contributed by atoms with Crippen molar-refractivity contribution in [2.75, 3.05) is 11.9 Å². The third-order valence-electron chi connectivity index (χ3n) is 3.19. The first-order valence-electron chi connectivity index (χ1n) is 6.73. The van der Waals surface area contributed by atoms with Crippen molar-refractivity contribution < 1.29 is 8.78 Å². The van der Waals surface area contributed by atoms with Crippen molar-refractivity contribution in [2.24, 2.45) is 0 Å². The van der Waals surface area contributed by atoms with E-state index in [-0.39, 0.29) is 5.65 Å². The molecule has 9 heteroatoms. The minimum absolute atomic E-state index is 0.281. The van der Waals surface area contributed by atoms with Gasteiger partial charge in [0.1, 0.15) is 5.82 Å². The highest BCUT2D eigenvalue weighted by atomic mass is 79.9. The zero-order chi connectivity index (χ0) is 16.4. The van der Waals surface area contributed by atoms with Gasteiger partial charge in [-0.05, 0) is 42.3 Å². The van der Waals surface area contributed by atoms with Crippen LogP contribution in [0.1, 0.15) is 17.8 Å². The van der Waals surface area contributed by atoms with Crippen LogP contribution in [0.3, 0.4) is 0 Å². The molecule has 1 aromatic carbocycles. The average Bonchev–Trinajstić information content (AvgIpc) is 2.94. The Bertz CT molecular complexity index is 839. The van der Waals surface area contributed by atoms with Gasteiger partial charge in [-0.3, -0.25) is 0 Å². The zero-order valence-electron chi connectivity index (χ0n) is 11.7. The highest BCUT2D eigenvalue weighted by Crippen LogP contribution is 2.22. The fraction of sp³-hybridized carbons (Fsp3) is 0.214. The summed E-state index contributed by atoms with van der Waals surface area (Å²) in [7, 11) is 0. The van der Waals surface area contributed by atoms with E-state index in [4.69, 9.17) is 11.6 Å². The van der Waals surface area contributed by atoms with E-state index in [1.165, 1.54) is 0 Å². The second kappa shape index (κ2) is 6.76. The molecule has 0 radical (unpaired) electrons.